The molecule has 0 aromatic heterocycles. The number of rotatable bonds is 10. The molecule has 2 atom stereocenters. The van der Waals surface area contributed by atoms with Crippen LogP contribution >= 0.6 is 11.6 Å². The lowest BCUT2D eigenvalue weighted by molar-refractivity contribution is -0.128. The first-order valence-electron chi connectivity index (χ1n) is 10.8. The largest absolute Gasteiger partial charge is 0.445 e. The zero-order chi connectivity index (χ0) is 24.3. The van der Waals surface area contributed by atoms with E-state index in [0.717, 1.165) is 11.1 Å². The molecule has 0 unspecified atom stereocenters. The molecular formula is C26H26ClN3O4. The molecule has 7 nitrogen and oxygen atoms in total. The quantitative estimate of drug-likeness (QED) is 0.414. The molecule has 0 aliphatic carbocycles. The third-order valence-corrected chi connectivity index (χ3v) is 5.51. The topological polar surface area (TPSA) is 111 Å². The summed E-state index contributed by atoms with van der Waals surface area (Å²) in [5, 5.41) is 5.72. The molecule has 0 saturated carbocycles. The fraction of sp³-hybridized carbons (Fsp3) is 0.192. The average Bonchev–Trinajstić information content (AvgIpc) is 2.84. The number of carbonyl (C=O) groups is 3. The van der Waals surface area contributed by atoms with Crippen molar-refractivity contribution in [2.75, 3.05) is 0 Å². The molecule has 0 spiro atoms. The molecule has 0 bridgehead atoms. The van der Waals surface area contributed by atoms with Gasteiger partial charge >= 0.3 is 6.09 Å². The molecule has 34 heavy (non-hydrogen) atoms. The van der Waals surface area contributed by atoms with Gasteiger partial charge in [0.15, 0.2) is 0 Å². The highest BCUT2D eigenvalue weighted by atomic mass is 35.5. The van der Waals surface area contributed by atoms with Gasteiger partial charge in [-0.1, -0.05) is 90.5 Å². The van der Waals surface area contributed by atoms with Crippen molar-refractivity contribution in [3.8, 4) is 0 Å². The molecule has 0 saturated heterocycles. The van der Waals surface area contributed by atoms with Crippen LogP contribution in [0.1, 0.15) is 16.7 Å². The maximum Gasteiger partial charge on any atom is 0.408 e. The van der Waals surface area contributed by atoms with Crippen LogP contribution in [0.5, 0.6) is 0 Å². The highest BCUT2D eigenvalue weighted by Crippen LogP contribution is 2.17. The summed E-state index contributed by atoms with van der Waals surface area (Å²) in [5.74, 6) is -1.27. The number of halogens is 1. The molecule has 4 N–H and O–H groups in total. The number of alkyl carbamates (subject to hydrolysis) is 1. The third-order valence-electron chi connectivity index (χ3n) is 5.15. The van der Waals surface area contributed by atoms with Crippen molar-refractivity contribution in [3.63, 3.8) is 0 Å². The van der Waals surface area contributed by atoms with Gasteiger partial charge in [0.25, 0.3) is 0 Å². The molecule has 0 aliphatic heterocycles. The molecule has 3 rings (SSSR count). The van der Waals surface area contributed by atoms with E-state index in [0.29, 0.717) is 10.6 Å². The van der Waals surface area contributed by atoms with Crippen molar-refractivity contribution in [2.45, 2.75) is 31.5 Å². The van der Waals surface area contributed by atoms with Crippen molar-refractivity contribution < 1.29 is 19.1 Å². The van der Waals surface area contributed by atoms with Crippen molar-refractivity contribution >= 4 is 29.5 Å². The van der Waals surface area contributed by atoms with Crippen molar-refractivity contribution in [3.05, 3.63) is 107 Å². The van der Waals surface area contributed by atoms with Gasteiger partial charge < -0.3 is 21.1 Å². The molecule has 0 fully saturated rings. The number of primary amides is 1. The molecule has 0 radical (unpaired) electrons. The minimum absolute atomic E-state index is 0.0583. The SMILES string of the molecule is NC(=O)[C@@H](Cc1ccccc1Cl)NC(=O)[C@H](Cc1ccccc1)NC(=O)OCc1ccccc1. The number of benzene rings is 3. The second-order valence-corrected chi connectivity index (χ2v) is 8.11. The molecule has 8 heteroatoms. The summed E-state index contributed by atoms with van der Waals surface area (Å²) in [4.78, 5) is 37.6. The van der Waals surface area contributed by atoms with Crippen LogP contribution in [-0.4, -0.2) is 30.0 Å². The summed E-state index contributed by atoms with van der Waals surface area (Å²) in [5.41, 5.74) is 7.85. The van der Waals surface area contributed by atoms with Crippen molar-refractivity contribution in [2.24, 2.45) is 5.73 Å². The number of hydrogen-bond donors (Lipinski definition) is 3. The van der Waals surface area contributed by atoms with Crippen LogP contribution in [0.25, 0.3) is 0 Å². The summed E-state index contributed by atoms with van der Waals surface area (Å²) >= 11 is 6.20. The van der Waals surface area contributed by atoms with Crippen LogP contribution < -0.4 is 16.4 Å². The van der Waals surface area contributed by atoms with Crippen LogP contribution in [0, 0.1) is 0 Å². The summed E-state index contributed by atoms with van der Waals surface area (Å²) in [6.45, 7) is 0.0583. The minimum atomic E-state index is -1.01. The first-order valence-corrected chi connectivity index (χ1v) is 11.1. The Labute approximate surface area is 203 Å². The predicted octanol–water partition coefficient (Wildman–Crippen LogP) is 3.39. The van der Waals surface area contributed by atoms with E-state index in [1.165, 1.54) is 0 Å². The van der Waals surface area contributed by atoms with Gasteiger partial charge in [-0.2, -0.15) is 0 Å². The summed E-state index contributed by atoms with van der Waals surface area (Å²) in [7, 11) is 0. The molecule has 3 aromatic carbocycles. The number of ether oxygens (including phenoxy) is 1. The van der Waals surface area contributed by atoms with E-state index in [4.69, 9.17) is 22.1 Å². The summed E-state index contributed by atoms with van der Waals surface area (Å²) < 4.78 is 5.27. The zero-order valence-corrected chi connectivity index (χ0v) is 19.2. The average molecular weight is 480 g/mol. The highest BCUT2D eigenvalue weighted by Gasteiger charge is 2.27. The smallest absolute Gasteiger partial charge is 0.408 e. The van der Waals surface area contributed by atoms with Gasteiger partial charge in [0.1, 0.15) is 18.7 Å². The van der Waals surface area contributed by atoms with E-state index in [1.807, 2.05) is 60.7 Å². The summed E-state index contributed by atoms with van der Waals surface area (Å²) in [6, 6.07) is 23.4. The maximum absolute atomic E-state index is 13.1. The number of hydrogen-bond acceptors (Lipinski definition) is 4. The third kappa shape index (κ3) is 7.64. The second kappa shape index (κ2) is 12.4. The van der Waals surface area contributed by atoms with Crippen LogP contribution in [0.2, 0.25) is 5.02 Å². The molecule has 0 aliphatic rings. The normalized spacial score (nSPS) is 12.3. The van der Waals surface area contributed by atoms with Crippen molar-refractivity contribution in [1.29, 1.82) is 0 Å². The Morgan fingerprint density at radius 3 is 1.97 bits per heavy atom. The Morgan fingerprint density at radius 2 is 1.35 bits per heavy atom. The van der Waals surface area contributed by atoms with Crippen LogP contribution in [0.4, 0.5) is 4.79 Å². The van der Waals surface area contributed by atoms with E-state index in [9.17, 15) is 14.4 Å². The van der Waals surface area contributed by atoms with Gasteiger partial charge in [-0.15, -0.1) is 0 Å². The molecule has 3 aromatic rings. The Bertz CT molecular complexity index is 1110. The Balaban J connectivity index is 1.70. The van der Waals surface area contributed by atoms with Crippen LogP contribution in [0.3, 0.4) is 0 Å². The fourth-order valence-electron chi connectivity index (χ4n) is 3.35. The lowest BCUT2D eigenvalue weighted by Gasteiger charge is -2.22. The fourth-order valence-corrected chi connectivity index (χ4v) is 3.56. The number of nitrogens with one attached hydrogen (secondary N) is 2. The van der Waals surface area contributed by atoms with Gasteiger partial charge in [0.05, 0.1) is 0 Å². The van der Waals surface area contributed by atoms with E-state index in [1.54, 1.807) is 24.3 Å². The van der Waals surface area contributed by atoms with E-state index < -0.39 is 30.0 Å². The zero-order valence-electron chi connectivity index (χ0n) is 18.4. The lowest BCUT2D eigenvalue weighted by Crippen LogP contribution is -2.54. The number of nitrogens with two attached hydrogens (primary N) is 1. The first-order chi connectivity index (χ1) is 16.4. The monoisotopic (exact) mass is 479 g/mol. The Kier molecular flexibility index (Phi) is 9.05. The predicted molar refractivity (Wildman–Crippen MR) is 130 cm³/mol. The van der Waals surface area contributed by atoms with Gasteiger partial charge in [0, 0.05) is 17.9 Å². The molecular weight excluding hydrogens is 454 g/mol. The molecule has 176 valence electrons. The van der Waals surface area contributed by atoms with E-state index >= 15 is 0 Å². The van der Waals surface area contributed by atoms with Gasteiger partial charge in [0.2, 0.25) is 11.8 Å². The van der Waals surface area contributed by atoms with Gasteiger partial charge in [-0.3, -0.25) is 9.59 Å². The first kappa shape index (κ1) is 24.8. The van der Waals surface area contributed by atoms with Crippen LogP contribution in [0.15, 0.2) is 84.9 Å². The van der Waals surface area contributed by atoms with E-state index in [-0.39, 0.29) is 19.4 Å². The lowest BCUT2D eigenvalue weighted by atomic mass is 10.0. The maximum atomic E-state index is 13.1. The van der Waals surface area contributed by atoms with Gasteiger partial charge in [-0.25, -0.2) is 4.79 Å². The number of carbonyl (C=O) groups excluding carboxylic acids is 3. The van der Waals surface area contributed by atoms with Crippen LogP contribution in [-0.2, 0) is 33.8 Å². The molecule has 0 heterocycles. The Morgan fingerprint density at radius 1 is 0.765 bits per heavy atom. The minimum Gasteiger partial charge on any atom is -0.445 e. The number of amides is 3. The van der Waals surface area contributed by atoms with E-state index in [2.05, 4.69) is 10.6 Å². The Hall–Kier alpha value is -3.84. The summed E-state index contributed by atoms with van der Waals surface area (Å²) in [6.07, 6.45) is -0.427. The second-order valence-electron chi connectivity index (χ2n) is 7.71. The highest BCUT2D eigenvalue weighted by molar-refractivity contribution is 6.31. The van der Waals surface area contributed by atoms with Crippen molar-refractivity contribution in [1.82, 2.24) is 10.6 Å². The molecule has 3 amide bonds. The van der Waals surface area contributed by atoms with Gasteiger partial charge in [-0.05, 0) is 22.8 Å². The standard InChI is InChI=1S/C26H26ClN3O4/c27-21-14-8-7-13-20(21)16-22(24(28)31)29-25(32)23(15-18-9-3-1-4-10-18)30-26(33)34-17-19-11-5-2-6-12-19/h1-14,22-23H,15-17H2,(H2,28,31)(H,29,32)(H,30,33)/t22-,23+/m1/s1.